The van der Waals surface area contributed by atoms with Crippen molar-refractivity contribution in [2.24, 2.45) is 10.9 Å². The molecule has 1 aromatic heterocycles. The summed E-state index contributed by atoms with van der Waals surface area (Å²) in [5.41, 5.74) is 2.35. The summed E-state index contributed by atoms with van der Waals surface area (Å²) in [7, 11) is 0. The molecule has 0 aromatic carbocycles. The Balaban J connectivity index is 1.82. The van der Waals surface area contributed by atoms with Gasteiger partial charge in [0.05, 0.1) is 25.4 Å². The van der Waals surface area contributed by atoms with E-state index in [4.69, 9.17) is 10.3 Å². The molecule has 0 atom stereocenters. The summed E-state index contributed by atoms with van der Waals surface area (Å²) in [6.07, 6.45) is 4.39. The first-order chi connectivity index (χ1) is 9.98. The number of rotatable bonds is 5. The van der Waals surface area contributed by atoms with Crippen LogP contribution in [0.1, 0.15) is 25.0 Å². The summed E-state index contributed by atoms with van der Waals surface area (Å²) >= 11 is 0. The molecule has 0 saturated carbocycles. The minimum atomic E-state index is -0.644. The van der Waals surface area contributed by atoms with Crippen LogP contribution >= 0.6 is 0 Å². The van der Waals surface area contributed by atoms with Crippen molar-refractivity contribution in [3.63, 3.8) is 0 Å². The Kier molecular flexibility index (Phi) is 4.66. The zero-order valence-corrected chi connectivity index (χ0v) is 11.5. The van der Waals surface area contributed by atoms with Gasteiger partial charge in [0.1, 0.15) is 4.92 Å². The normalized spacial score (nSPS) is 17.8. The van der Waals surface area contributed by atoms with Crippen molar-refractivity contribution in [2.45, 2.75) is 19.3 Å². The first-order valence-electron chi connectivity index (χ1n) is 6.69. The van der Waals surface area contributed by atoms with Crippen molar-refractivity contribution in [1.82, 2.24) is 5.43 Å². The Hall–Kier alpha value is -2.26. The molecule has 0 unspecified atom stereocenters. The summed E-state index contributed by atoms with van der Waals surface area (Å²) in [6, 6.07) is 2.62. The van der Waals surface area contributed by atoms with E-state index in [1.807, 2.05) is 0 Å². The maximum absolute atomic E-state index is 11.8. The van der Waals surface area contributed by atoms with Crippen molar-refractivity contribution in [3.05, 3.63) is 28.0 Å². The highest BCUT2D eigenvalue weighted by atomic mass is 16.6. The molecular formula is C12H18N5O4+. The number of furan rings is 1. The topological polar surface area (TPSA) is 124 Å². The van der Waals surface area contributed by atoms with Gasteiger partial charge in [-0.1, -0.05) is 0 Å². The largest absolute Gasteiger partial charge is 0.433 e. The second-order valence-electron chi connectivity index (χ2n) is 5.11. The molecule has 2 rings (SSSR count). The second-order valence-corrected chi connectivity index (χ2v) is 5.11. The van der Waals surface area contributed by atoms with Gasteiger partial charge in [0, 0.05) is 0 Å². The maximum atomic E-state index is 11.8. The predicted octanol–water partition coefficient (Wildman–Crippen LogP) is 0.512. The average Bonchev–Trinajstić information content (AvgIpc) is 2.88. The lowest BCUT2D eigenvalue weighted by atomic mass is 10.1. The number of hydrogen-bond acceptors (Lipinski definition) is 6. The lowest BCUT2D eigenvalue weighted by Gasteiger charge is -2.34. The summed E-state index contributed by atoms with van der Waals surface area (Å²) in [5.74, 6) is 5.63. The van der Waals surface area contributed by atoms with Crippen LogP contribution in [0.2, 0.25) is 0 Å². The number of carbonyl (C=O) groups excluding carboxylic acids is 1. The molecule has 1 fully saturated rings. The molecule has 9 nitrogen and oxygen atoms in total. The third-order valence-corrected chi connectivity index (χ3v) is 3.34. The van der Waals surface area contributed by atoms with Gasteiger partial charge in [-0.2, -0.15) is 10.9 Å². The first-order valence-corrected chi connectivity index (χ1v) is 6.69. The van der Waals surface area contributed by atoms with Crippen molar-refractivity contribution in [3.8, 4) is 0 Å². The highest BCUT2D eigenvalue weighted by molar-refractivity contribution is 5.81. The first kappa shape index (κ1) is 15.1. The monoisotopic (exact) mass is 296 g/mol. The Morgan fingerprint density at radius 1 is 1.48 bits per heavy atom. The fraction of sp³-hybridized carbons (Fsp3) is 0.500. The van der Waals surface area contributed by atoms with E-state index in [1.165, 1.54) is 18.3 Å². The van der Waals surface area contributed by atoms with Crippen LogP contribution in [-0.2, 0) is 4.79 Å². The van der Waals surface area contributed by atoms with E-state index >= 15 is 0 Å². The molecule has 3 N–H and O–H groups in total. The van der Waals surface area contributed by atoms with Gasteiger partial charge >= 0.3 is 5.88 Å². The molecule has 114 valence electrons. The number of piperidine rings is 1. The van der Waals surface area contributed by atoms with Crippen LogP contribution in [0.25, 0.3) is 0 Å². The van der Waals surface area contributed by atoms with E-state index in [2.05, 4.69) is 10.5 Å². The number of quaternary nitrogens is 1. The van der Waals surface area contributed by atoms with Crippen molar-refractivity contribution in [2.75, 3.05) is 19.6 Å². The maximum Gasteiger partial charge on any atom is 0.433 e. The average molecular weight is 296 g/mol. The SMILES string of the molecule is N[N+]1(CC(=O)N/N=C/c2ccc([N+](=O)[O-])o2)CCCCC1. The standard InChI is InChI=1S/C12H17N5O4/c13-17(6-2-1-3-7-17)9-11(18)15-14-8-10-4-5-12(21-10)16(19)20/h4-5,8H,1-3,6-7,9,13H2/p+1/b14-8+. The molecule has 0 aliphatic carbocycles. The van der Waals surface area contributed by atoms with Crippen molar-refractivity contribution in [1.29, 1.82) is 0 Å². The smallest absolute Gasteiger partial charge is 0.400 e. The highest BCUT2D eigenvalue weighted by Gasteiger charge is 2.28. The number of carbonyl (C=O) groups is 1. The van der Waals surface area contributed by atoms with Crippen LogP contribution in [0.15, 0.2) is 21.7 Å². The minimum Gasteiger partial charge on any atom is -0.400 e. The molecule has 1 saturated heterocycles. The van der Waals surface area contributed by atoms with Gasteiger partial charge in [-0.25, -0.2) is 10.0 Å². The zero-order valence-electron chi connectivity index (χ0n) is 11.5. The zero-order chi connectivity index (χ0) is 15.3. The molecule has 0 bridgehead atoms. The lowest BCUT2D eigenvalue weighted by Crippen LogP contribution is -2.60. The number of hydrogen-bond donors (Lipinski definition) is 2. The third kappa shape index (κ3) is 4.36. The molecule has 1 aliphatic heterocycles. The molecule has 2 heterocycles. The predicted molar refractivity (Wildman–Crippen MR) is 74.0 cm³/mol. The van der Waals surface area contributed by atoms with Crippen molar-refractivity contribution >= 4 is 18.0 Å². The van der Waals surface area contributed by atoms with E-state index in [1.54, 1.807) is 0 Å². The number of nitrogens with two attached hydrogens (primary N) is 1. The number of likely N-dealkylation sites (tertiary alicyclic amines) is 1. The Labute approximate surface area is 121 Å². The van der Waals surface area contributed by atoms with Crippen LogP contribution in [0.4, 0.5) is 5.88 Å². The second kappa shape index (κ2) is 6.46. The van der Waals surface area contributed by atoms with Gasteiger partial charge < -0.3 is 4.42 Å². The quantitative estimate of drug-likeness (QED) is 0.269. The fourth-order valence-corrected chi connectivity index (χ4v) is 2.30. The van der Waals surface area contributed by atoms with E-state index in [0.717, 1.165) is 32.4 Å². The summed E-state index contributed by atoms with van der Waals surface area (Å²) in [6.45, 7) is 1.72. The molecule has 1 amide bonds. The van der Waals surface area contributed by atoms with Gasteiger partial charge in [0.25, 0.3) is 5.91 Å². The third-order valence-electron chi connectivity index (χ3n) is 3.34. The Bertz CT molecular complexity index is 548. The fourth-order valence-electron chi connectivity index (χ4n) is 2.30. The molecule has 0 spiro atoms. The number of nitro groups is 1. The summed E-state index contributed by atoms with van der Waals surface area (Å²) < 4.78 is 5.10. The Morgan fingerprint density at radius 2 is 2.19 bits per heavy atom. The van der Waals surface area contributed by atoms with E-state index in [9.17, 15) is 14.9 Å². The van der Waals surface area contributed by atoms with Gasteiger partial charge in [-0.15, -0.1) is 0 Å². The van der Waals surface area contributed by atoms with E-state index < -0.39 is 4.92 Å². The molecular weight excluding hydrogens is 278 g/mol. The van der Waals surface area contributed by atoms with Crippen LogP contribution in [0, 0.1) is 10.1 Å². The highest BCUT2D eigenvalue weighted by Crippen LogP contribution is 2.14. The lowest BCUT2D eigenvalue weighted by molar-refractivity contribution is -0.936. The van der Waals surface area contributed by atoms with Gasteiger partial charge in [-0.05, 0) is 25.3 Å². The molecule has 0 radical (unpaired) electrons. The molecule has 1 aromatic rings. The number of hydrazone groups is 1. The van der Waals surface area contributed by atoms with E-state index in [-0.39, 0.29) is 28.7 Å². The van der Waals surface area contributed by atoms with Crippen molar-refractivity contribution < 1.29 is 18.7 Å². The van der Waals surface area contributed by atoms with Crippen LogP contribution in [-0.4, -0.2) is 41.3 Å². The summed E-state index contributed by atoms with van der Waals surface area (Å²) in [5, 5.41) is 14.1. The molecule has 21 heavy (non-hydrogen) atoms. The van der Waals surface area contributed by atoms with Crippen LogP contribution in [0.5, 0.6) is 0 Å². The summed E-state index contributed by atoms with van der Waals surface area (Å²) in [4.78, 5) is 21.6. The number of nitrogens with zero attached hydrogens (tertiary/aromatic N) is 3. The minimum absolute atomic E-state index is 0.162. The van der Waals surface area contributed by atoms with E-state index in [0.29, 0.717) is 0 Å². The number of nitrogens with one attached hydrogen (secondary N) is 1. The van der Waals surface area contributed by atoms with Gasteiger partial charge in [0.15, 0.2) is 12.3 Å². The molecule has 9 heteroatoms. The van der Waals surface area contributed by atoms with Gasteiger partial charge in [-0.3, -0.25) is 14.9 Å². The number of amides is 1. The van der Waals surface area contributed by atoms with Crippen LogP contribution < -0.4 is 11.3 Å². The Morgan fingerprint density at radius 3 is 2.81 bits per heavy atom. The molecule has 1 aliphatic rings. The van der Waals surface area contributed by atoms with Gasteiger partial charge in [0.2, 0.25) is 0 Å². The van der Waals surface area contributed by atoms with Crippen LogP contribution in [0.3, 0.4) is 0 Å².